The number of aromatic amines is 1. The van der Waals surface area contributed by atoms with Crippen molar-refractivity contribution in [3.63, 3.8) is 0 Å². The quantitative estimate of drug-likeness (QED) is 0.781. The molecular weight excluding hydrogens is 176 g/mol. The van der Waals surface area contributed by atoms with Crippen molar-refractivity contribution in [2.75, 3.05) is 0 Å². The first kappa shape index (κ1) is 7.91. The first-order valence-corrected chi connectivity index (χ1v) is 5.08. The molecule has 1 saturated carbocycles. The highest BCUT2D eigenvalue weighted by molar-refractivity contribution is 5.76. The lowest BCUT2D eigenvalue weighted by Gasteiger charge is -2.01. The second-order valence-corrected chi connectivity index (χ2v) is 3.79. The van der Waals surface area contributed by atoms with Gasteiger partial charge >= 0.3 is 0 Å². The number of hydrogen-bond acceptors (Lipinski definition) is 3. The fourth-order valence-electron chi connectivity index (χ4n) is 1.71. The fraction of sp³-hybridized carbons (Fsp3) is 0.500. The number of nitrogens with one attached hydrogen (secondary N) is 1. The maximum Gasteiger partial charge on any atom is 0.159 e. The van der Waals surface area contributed by atoms with E-state index in [1.165, 1.54) is 12.8 Å². The third-order valence-corrected chi connectivity index (χ3v) is 2.68. The standard InChI is InChI=1S/C10H12N4/c1-2-8-7-5-11-14-10(7)13-9(12-8)6-3-4-6/h5-6H,2-4H2,1H3,(H,11,12,13,14). The molecule has 0 atom stereocenters. The summed E-state index contributed by atoms with van der Waals surface area (Å²) in [5.41, 5.74) is 2.00. The van der Waals surface area contributed by atoms with Crippen LogP contribution in [0.3, 0.4) is 0 Å². The van der Waals surface area contributed by atoms with E-state index in [2.05, 4.69) is 27.1 Å². The van der Waals surface area contributed by atoms with Crippen LogP contribution in [0, 0.1) is 0 Å². The molecule has 0 spiro atoms. The van der Waals surface area contributed by atoms with Crippen LogP contribution in [-0.4, -0.2) is 20.2 Å². The van der Waals surface area contributed by atoms with Crippen molar-refractivity contribution in [2.24, 2.45) is 0 Å². The van der Waals surface area contributed by atoms with Gasteiger partial charge in [0.25, 0.3) is 0 Å². The maximum absolute atomic E-state index is 4.58. The van der Waals surface area contributed by atoms with Crippen molar-refractivity contribution in [1.82, 2.24) is 20.2 Å². The lowest BCUT2D eigenvalue weighted by molar-refractivity contribution is 0.897. The van der Waals surface area contributed by atoms with Crippen molar-refractivity contribution in [2.45, 2.75) is 32.1 Å². The van der Waals surface area contributed by atoms with Gasteiger partial charge in [-0.3, -0.25) is 5.10 Å². The Labute approximate surface area is 81.8 Å². The van der Waals surface area contributed by atoms with Crippen LogP contribution < -0.4 is 0 Å². The van der Waals surface area contributed by atoms with Gasteiger partial charge in [0.2, 0.25) is 0 Å². The molecule has 2 heterocycles. The van der Waals surface area contributed by atoms with Crippen molar-refractivity contribution in [3.05, 3.63) is 17.7 Å². The number of rotatable bonds is 2. The van der Waals surface area contributed by atoms with Crippen LogP contribution in [0.1, 0.15) is 37.2 Å². The van der Waals surface area contributed by atoms with Gasteiger partial charge in [0.05, 0.1) is 17.3 Å². The van der Waals surface area contributed by atoms with Gasteiger partial charge in [-0.2, -0.15) is 5.10 Å². The molecule has 0 bridgehead atoms. The third kappa shape index (κ3) is 1.10. The maximum atomic E-state index is 4.58. The summed E-state index contributed by atoms with van der Waals surface area (Å²) in [7, 11) is 0. The summed E-state index contributed by atoms with van der Waals surface area (Å²) in [4.78, 5) is 9.06. The van der Waals surface area contributed by atoms with Crippen molar-refractivity contribution in [1.29, 1.82) is 0 Å². The van der Waals surface area contributed by atoms with Gasteiger partial charge in [-0.15, -0.1) is 0 Å². The van der Waals surface area contributed by atoms with E-state index in [1.54, 1.807) is 0 Å². The van der Waals surface area contributed by atoms with Crippen LogP contribution in [0.15, 0.2) is 6.20 Å². The normalized spacial score (nSPS) is 16.4. The van der Waals surface area contributed by atoms with E-state index in [0.29, 0.717) is 5.92 Å². The summed E-state index contributed by atoms with van der Waals surface area (Å²) >= 11 is 0. The Kier molecular flexibility index (Phi) is 1.56. The smallest absolute Gasteiger partial charge is 0.159 e. The molecule has 0 amide bonds. The first-order chi connectivity index (χ1) is 6.88. The molecule has 1 N–H and O–H groups in total. The fourth-order valence-corrected chi connectivity index (χ4v) is 1.71. The van der Waals surface area contributed by atoms with Gasteiger partial charge in [-0.25, -0.2) is 9.97 Å². The third-order valence-electron chi connectivity index (χ3n) is 2.68. The number of hydrogen-bond donors (Lipinski definition) is 1. The van der Waals surface area contributed by atoms with E-state index < -0.39 is 0 Å². The molecule has 14 heavy (non-hydrogen) atoms. The van der Waals surface area contributed by atoms with E-state index in [4.69, 9.17) is 0 Å². The van der Waals surface area contributed by atoms with E-state index in [0.717, 1.165) is 29.0 Å². The Morgan fingerprint density at radius 2 is 2.29 bits per heavy atom. The van der Waals surface area contributed by atoms with E-state index in [9.17, 15) is 0 Å². The summed E-state index contributed by atoms with van der Waals surface area (Å²) in [5, 5.41) is 7.99. The zero-order chi connectivity index (χ0) is 9.54. The molecule has 1 aliphatic carbocycles. The number of aryl methyl sites for hydroxylation is 1. The van der Waals surface area contributed by atoms with Crippen LogP contribution in [-0.2, 0) is 6.42 Å². The van der Waals surface area contributed by atoms with Gasteiger partial charge in [0.1, 0.15) is 5.82 Å². The molecule has 4 nitrogen and oxygen atoms in total. The predicted octanol–water partition coefficient (Wildman–Crippen LogP) is 1.79. The number of H-pyrrole nitrogens is 1. The Morgan fingerprint density at radius 1 is 1.43 bits per heavy atom. The molecule has 72 valence electrons. The van der Waals surface area contributed by atoms with Gasteiger partial charge < -0.3 is 0 Å². The van der Waals surface area contributed by atoms with E-state index in [1.807, 2.05) is 6.20 Å². The van der Waals surface area contributed by atoms with Crippen LogP contribution in [0.5, 0.6) is 0 Å². The minimum Gasteiger partial charge on any atom is -0.261 e. The highest BCUT2D eigenvalue weighted by Crippen LogP contribution is 2.38. The molecule has 1 aliphatic rings. The molecule has 1 fully saturated rings. The molecule has 2 aromatic heterocycles. The summed E-state index contributed by atoms with van der Waals surface area (Å²) in [6, 6.07) is 0. The Balaban J connectivity index is 2.23. The average molecular weight is 188 g/mol. The largest absolute Gasteiger partial charge is 0.261 e. The molecule has 0 radical (unpaired) electrons. The topological polar surface area (TPSA) is 54.5 Å². The van der Waals surface area contributed by atoms with Gasteiger partial charge in [0, 0.05) is 5.92 Å². The van der Waals surface area contributed by atoms with Crippen LogP contribution in [0.25, 0.3) is 11.0 Å². The number of aromatic nitrogens is 4. The number of nitrogens with zero attached hydrogens (tertiary/aromatic N) is 3. The van der Waals surface area contributed by atoms with Crippen molar-refractivity contribution >= 4 is 11.0 Å². The van der Waals surface area contributed by atoms with Gasteiger partial charge in [0.15, 0.2) is 5.65 Å². The van der Waals surface area contributed by atoms with Crippen LogP contribution in [0.2, 0.25) is 0 Å². The second-order valence-electron chi connectivity index (χ2n) is 3.79. The summed E-state index contributed by atoms with van der Waals surface area (Å²) < 4.78 is 0. The Bertz CT molecular complexity index is 470. The molecule has 2 aromatic rings. The Hall–Kier alpha value is -1.45. The predicted molar refractivity (Wildman–Crippen MR) is 53.0 cm³/mol. The highest BCUT2D eigenvalue weighted by atomic mass is 15.1. The van der Waals surface area contributed by atoms with Gasteiger partial charge in [-0.05, 0) is 19.3 Å². The molecule has 0 aromatic carbocycles. The second kappa shape index (κ2) is 2.77. The molecule has 0 aliphatic heterocycles. The Morgan fingerprint density at radius 3 is 3.00 bits per heavy atom. The SMILES string of the molecule is CCc1nc(C2CC2)nc2[nH]ncc12. The molecule has 4 heteroatoms. The lowest BCUT2D eigenvalue weighted by atomic mass is 10.2. The first-order valence-electron chi connectivity index (χ1n) is 5.08. The molecular formula is C10H12N4. The zero-order valence-corrected chi connectivity index (χ0v) is 8.12. The molecule has 0 unspecified atom stereocenters. The van der Waals surface area contributed by atoms with Crippen molar-refractivity contribution < 1.29 is 0 Å². The lowest BCUT2D eigenvalue weighted by Crippen LogP contribution is -1.98. The minimum atomic E-state index is 0.605. The van der Waals surface area contributed by atoms with Crippen molar-refractivity contribution in [3.8, 4) is 0 Å². The van der Waals surface area contributed by atoms with Crippen LogP contribution in [0.4, 0.5) is 0 Å². The monoisotopic (exact) mass is 188 g/mol. The van der Waals surface area contributed by atoms with Gasteiger partial charge in [-0.1, -0.05) is 6.92 Å². The number of fused-ring (bicyclic) bond motifs is 1. The average Bonchev–Trinajstić information content (AvgIpc) is 2.95. The molecule has 3 rings (SSSR count). The van der Waals surface area contributed by atoms with E-state index in [-0.39, 0.29) is 0 Å². The summed E-state index contributed by atoms with van der Waals surface area (Å²) in [6.45, 7) is 2.12. The minimum absolute atomic E-state index is 0.605. The van der Waals surface area contributed by atoms with Crippen LogP contribution >= 0.6 is 0 Å². The summed E-state index contributed by atoms with van der Waals surface area (Å²) in [5.74, 6) is 1.60. The summed E-state index contributed by atoms with van der Waals surface area (Å²) in [6.07, 6.45) is 5.23. The zero-order valence-electron chi connectivity index (χ0n) is 8.12. The van der Waals surface area contributed by atoms with E-state index >= 15 is 0 Å². The highest BCUT2D eigenvalue weighted by Gasteiger charge is 2.27. The molecule has 0 saturated heterocycles.